The number of phenolic OH excluding ortho intramolecular Hbond substituents is 1. The Bertz CT molecular complexity index is 1200. The second kappa shape index (κ2) is 13.0. The van der Waals surface area contributed by atoms with Crippen molar-refractivity contribution in [3.63, 3.8) is 0 Å². The molecule has 5 rings (SSSR count). The number of carbonyl (C=O) groups excluding carboxylic acids is 1. The largest absolute Gasteiger partial charge is 0.504 e. The molecule has 0 bridgehead atoms. The van der Waals surface area contributed by atoms with E-state index in [2.05, 4.69) is 47.6 Å². The van der Waals surface area contributed by atoms with Crippen LogP contribution in [0.3, 0.4) is 0 Å². The number of rotatable bonds is 10. The van der Waals surface area contributed by atoms with Crippen LogP contribution in [0.25, 0.3) is 6.08 Å². The molecule has 238 valence electrons. The molecule has 4 nitrogen and oxygen atoms in total. The maximum atomic E-state index is 12.7. The van der Waals surface area contributed by atoms with Crippen molar-refractivity contribution in [2.24, 2.45) is 52.3 Å². The molecule has 1 N–H and O–H groups in total. The van der Waals surface area contributed by atoms with E-state index in [-0.39, 0.29) is 23.2 Å². The molecule has 0 spiro atoms. The highest BCUT2D eigenvalue weighted by atomic mass is 16.5. The van der Waals surface area contributed by atoms with Crippen LogP contribution in [-0.2, 0) is 9.53 Å². The second-order valence-electron chi connectivity index (χ2n) is 15.5. The highest BCUT2D eigenvalue weighted by Gasteiger charge is 2.59. The molecule has 0 aromatic heterocycles. The Kier molecular flexibility index (Phi) is 9.74. The van der Waals surface area contributed by atoms with E-state index in [1.807, 2.05) is 0 Å². The third-order valence-corrected chi connectivity index (χ3v) is 13.2. The van der Waals surface area contributed by atoms with Crippen LogP contribution in [-0.4, -0.2) is 24.3 Å². The summed E-state index contributed by atoms with van der Waals surface area (Å²) in [4.78, 5) is 12.7. The van der Waals surface area contributed by atoms with E-state index in [4.69, 9.17) is 9.47 Å². The van der Waals surface area contributed by atoms with Crippen molar-refractivity contribution in [1.82, 2.24) is 0 Å². The molecule has 43 heavy (non-hydrogen) atoms. The van der Waals surface area contributed by atoms with Crippen LogP contribution >= 0.6 is 0 Å². The van der Waals surface area contributed by atoms with Gasteiger partial charge in [-0.15, -0.1) is 0 Å². The molecule has 0 aliphatic heterocycles. The highest BCUT2D eigenvalue weighted by Crippen LogP contribution is 2.67. The molecule has 0 heterocycles. The van der Waals surface area contributed by atoms with E-state index in [1.165, 1.54) is 64.6 Å². The van der Waals surface area contributed by atoms with Crippen LogP contribution in [0.4, 0.5) is 0 Å². The maximum Gasteiger partial charge on any atom is 0.331 e. The minimum atomic E-state index is -0.298. The quantitative estimate of drug-likeness (QED) is 0.167. The van der Waals surface area contributed by atoms with Crippen LogP contribution < -0.4 is 4.74 Å². The first-order chi connectivity index (χ1) is 20.5. The molecule has 4 heteroatoms. The number of phenols is 1. The van der Waals surface area contributed by atoms with E-state index in [1.54, 1.807) is 29.8 Å². The Balaban J connectivity index is 1.20. The minimum Gasteiger partial charge on any atom is -0.504 e. The molecule has 9 atom stereocenters. The van der Waals surface area contributed by atoms with Crippen molar-refractivity contribution in [3.05, 3.63) is 41.5 Å². The van der Waals surface area contributed by atoms with E-state index < -0.39 is 0 Å². The van der Waals surface area contributed by atoms with Crippen LogP contribution in [0.2, 0.25) is 0 Å². The second-order valence-corrected chi connectivity index (χ2v) is 15.5. The average molecular weight is 591 g/mol. The third-order valence-electron chi connectivity index (χ3n) is 13.2. The SMILES string of the molecule is CC[C@@H](CC[C@@H](C)[C@@H]1CC[C@@H]2[C@@H]3CC=C4C[C@H](OC(=O)C=Cc5ccc(O)c(OC)c5)CC[C@]4(C)[C@@H]3CC[C@@]21C)C(C)C. The monoisotopic (exact) mass is 590 g/mol. The zero-order valence-corrected chi connectivity index (χ0v) is 28.0. The molecular formula is C39H58O4. The smallest absolute Gasteiger partial charge is 0.331 e. The number of ether oxygens (including phenoxy) is 2. The molecule has 0 saturated heterocycles. The lowest BCUT2D eigenvalue weighted by molar-refractivity contribution is -0.145. The van der Waals surface area contributed by atoms with Gasteiger partial charge in [-0.1, -0.05) is 72.1 Å². The van der Waals surface area contributed by atoms with Crippen molar-refractivity contribution in [1.29, 1.82) is 0 Å². The third kappa shape index (κ3) is 6.32. The molecule has 0 amide bonds. The summed E-state index contributed by atoms with van der Waals surface area (Å²) in [6.07, 6.45) is 19.6. The first kappa shape index (κ1) is 32.2. The number of esters is 1. The number of methoxy groups -OCH3 is 1. The Morgan fingerprint density at radius 1 is 1.07 bits per heavy atom. The summed E-state index contributed by atoms with van der Waals surface area (Å²) in [7, 11) is 1.52. The predicted molar refractivity (Wildman–Crippen MR) is 176 cm³/mol. The Morgan fingerprint density at radius 2 is 1.86 bits per heavy atom. The van der Waals surface area contributed by atoms with E-state index >= 15 is 0 Å². The number of fused-ring (bicyclic) bond motifs is 5. The Hall–Kier alpha value is -2.23. The fourth-order valence-corrected chi connectivity index (χ4v) is 10.6. The Morgan fingerprint density at radius 3 is 2.58 bits per heavy atom. The van der Waals surface area contributed by atoms with Gasteiger partial charge in [-0.3, -0.25) is 0 Å². The summed E-state index contributed by atoms with van der Waals surface area (Å²) in [5.74, 6) is 6.01. The summed E-state index contributed by atoms with van der Waals surface area (Å²) < 4.78 is 11.1. The summed E-state index contributed by atoms with van der Waals surface area (Å²) in [6.45, 7) is 15.0. The molecule has 0 radical (unpaired) electrons. The Labute approximate surface area is 261 Å². The van der Waals surface area contributed by atoms with Crippen molar-refractivity contribution in [3.8, 4) is 11.5 Å². The van der Waals surface area contributed by atoms with Gasteiger partial charge in [-0.2, -0.15) is 0 Å². The fourth-order valence-electron chi connectivity index (χ4n) is 10.6. The number of allylic oxidation sites excluding steroid dienone is 1. The van der Waals surface area contributed by atoms with Crippen LogP contribution in [0.15, 0.2) is 35.9 Å². The fraction of sp³-hybridized carbons (Fsp3) is 0.718. The lowest BCUT2D eigenvalue weighted by Gasteiger charge is -2.58. The van der Waals surface area contributed by atoms with Crippen LogP contribution in [0.5, 0.6) is 11.5 Å². The molecule has 4 aliphatic carbocycles. The van der Waals surface area contributed by atoms with Gasteiger partial charge in [0.05, 0.1) is 7.11 Å². The minimum absolute atomic E-state index is 0.0502. The predicted octanol–water partition coefficient (Wildman–Crippen LogP) is 10.0. The van der Waals surface area contributed by atoms with Gasteiger partial charge in [0.25, 0.3) is 0 Å². The van der Waals surface area contributed by atoms with Gasteiger partial charge >= 0.3 is 5.97 Å². The molecule has 4 aliphatic rings. The van der Waals surface area contributed by atoms with Gasteiger partial charge in [0, 0.05) is 12.5 Å². The highest BCUT2D eigenvalue weighted by molar-refractivity contribution is 5.87. The zero-order chi connectivity index (χ0) is 30.9. The van der Waals surface area contributed by atoms with E-state index in [9.17, 15) is 9.90 Å². The molecule has 3 fully saturated rings. The van der Waals surface area contributed by atoms with Gasteiger partial charge in [-0.25, -0.2) is 4.79 Å². The van der Waals surface area contributed by atoms with Gasteiger partial charge < -0.3 is 14.6 Å². The first-order valence-electron chi connectivity index (χ1n) is 17.4. The number of benzene rings is 1. The van der Waals surface area contributed by atoms with Crippen LogP contribution in [0, 0.1) is 52.3 Å². The summed E-state index contributed by atoms with van der Waals surface area (Å²) >= 11 is 0. The topological polar surface area (TPSA) is 55.8 Å². The molecule has 1 aromatic carbocycles. The van der Waals surface area contributed by atoms with Gasteiger partial charge in [0.1, 0.15) is 6.10 Å². The standard InChI is InChI=1S/C39H58O4/c1-8-28(25(2)3)12-9-26(4)32-15-16-33-31-14-13-29-24-30(19-21-38(29,5)34(31)20-22-39(32,33)6)43-37(41)18-11-27-10-17-35(40)36(23-27)42-7/h10-11,13,17-18,23,25-26,28,30-34,40H,8-9,12,14-16,19-22,24H2,1-7H3/t26-,28+,30-,31+,32+,33-,34-,38+,39-/m1/s1. The van der Waals surface area contributed by atoms with Crippen molar-refractivity contribution < 1.29 is 19.4 Å². The molecule has 0 unspecified atom stereocenters. The normalized spacial score (nSPS) is 35.1. The van der Waals surface area contributed by atoms with E-state index in [0.717, 1.165) is 66.3 Å². The van der Waals surface area contributed by atoms with Crippen LogP contribution in [0.1, 0.15) is 118 Å². The molecule has 1 aromatic rings. The lowest BCUT2D eigenvalue weighted by Crippen LogP contribution is -2.51. The molecule has 3 saturated carbocycles. The summed E-state index contributed by atoms with van der Waals surface area (Å²) in [5, 5.41) is 9.82. The average Bonchev–Trinajstić information content (AvgIpc) is 3.34. The summed E-state index contributed by atoms with van der Waals surface area (Å²) in [6, 6.07) is 5.05. The van der Waals surface area contributed by atoms with Crippen molar-refractivity contribution in [2.45, 2.75) is 118 Å². The number of hydrogen-bond donors (Lipinski definition) is 1. The summed E-state index contributed by atoms with van der Waals surface area (Å²) in [5.41, 5.74) is 3.09. The van der Waals surface area contributed by atoms with Gasteiger partial charge in [0.15, 0.2) is 11.5 Å². The number of carbonyl (C=O) groups is 1. The van der Waals surface area contributed by atoms with E-state index in [0.29, 0.717) is 11.2 Å². The van der Waals surface area contributed by atoms with Gasteiger partial charge in [-0.05, 0) is 127 Å². The maximum absolute atomic E-state index is 12.7. The lowest BCUT2D eigenvalue weighted by atomic mass is 9.47. The zero-order valence-electron chi connectivity index (χ0n) is 28.0. The number of hydrogen-bond acceptors (Lipinski definition) is 4. The van der Waals surface area contributed by atoms with Crippen molar-refractivity contribution in [2.75, 3.05) is 7.11 Å². The number of aromatic hydroxyl groups is 1. The van der Waals surface area contributed by atoms with Gasteiger partial charge in [0.2, 0.25) is 0 Å². The first-order valence-corrected chi connectivity index (χ1v) is 17.4. The van der Waals surface area contributed by atoms with Crippen molar-refractivity contribution >= 4 is 12.0 Å². The molecular weight excluding hydrogens is 532 g/mol.